The zero-order chi connectivity index (χ0) is 9.97. The van der Waals surface area contributed by atoms with E-state index in [-0.39, 0.29) is 5.82 Å². The van der Waals surface area contributed by atoms with Crippen molar-refractivity contribution in [3.8, 4) is 0 Å². The molecule has 2 rings (SSSR count). The maximum atomic E-state index is 13.4. The Balaban J connectivity index is 2.22. The van der Waals surface area contributed by atoms with Crippen molar-refractivity contribution in [2.24, 2.45) is 0 Å². The molecule has 14 heavy (non-hydrogen) atoms. The minimum atomic E-state index is -0.322. The first-order valence-electron chi connectivity index (χ1n) is 4.51. The molecule has 0 bridgehead atoms. The highest BCUT2D eigenvalue weighted by Gasteiger charge is 2.15. The fourth-order valence-electron chi connectivity index (χ4n) is 1.45. The molecule has 1 saturated heterocycles. The Labute approximate surface area is 86.5 Å². The molecule has 76 valence electrons. The fourth-order valence-corrected chi connectivity index (χ4v) is 2.36. The molecule has 2 heterocycles. The molecule has 3 nitrogen and oxygen atoms in total. The van der Waals surface area contributed by atoms with Crippen molar-refractivity contribution in [1.82, 2.24) is 4.98 Å². The Hall–Kier alpha value is -0.970. The van der Waals surface area contributed by atoms with E-state index in [0.717, 1.165) is 24.6 Å². The van der Waals surface area contributed by atoms with Gasteiger partial charge in [-0.1, -0.05) is 0 Å². The molecular weight excluding hydrogens is 201 g/mol. The summed E-state index contributed by atoms with van der Waals surface area (Å²) in [5.74, 6) is 2.17. The van der Waals surface area contributed by atoms with Crippen LogP contribution in [-0.4, -0.2) is 29.6 Å². The van der Waals surface area contributed by atoms with E-state index in [1.165, 1.54) is 12.3 Å². The second-order valence-corrected chi connectivity index (χ2v) is 4.40. The van der Waals surface area contributed by atoms with Crippen LogP contribution < -0.4 is 10.6 Å². The molecule has 0 saturated carbocycles. The summed E-state index contributed by atoms with van der Waals surface area (Å²) in [5.41, 5.74) is 5.80. The number of hydrogen-bond donors (Lipinski definition) is 1. The van der Waals surface area contributed by atoms with Crippen LogP contribution >= 0.6 is 11.8 Å². The second kappa shape index (κ2) is 4.04. The van der Waals surface area contributed by atoms with Gasteiger partial charge in [-0.3, -0.25) is 0 Å². The quantitative estimate of drug-likeness (QED) is 0.764. The van der Waals surface area contributed by atoms with Crippen molar-refractivity contribution in [3.63, 3.8) is 0 Å². The van der Waals surface area contributed by atoms with Crippen LogP contribution in [-0.2, 0) is 0 Å². The molecule has 1 aliphatic rings. The van der Waals surface area contributed by atoms with Crippen molar-refractivity contribution < 1.29 is 4.39 Å². The number of halogens is 1. The molecule has 0 aliphatic carbocycles. The molecule has 2 N–H and O–H groups in total. The third kappa shape index (κ3) is 1.92. The second-order valence-electron chi connectivity index (χ2n) is 3.17. The first-order chi connectivity index (χ1) is 6.77. The molecule has 1 fully saturated rings. The Bertz CT molecular complexity index is 326. The highest BCUT2D eigenvalue weighted by Crippen LogP contribution is 2.21. The molecule has 0 amide bonds. The van der Waals surface area contributed by atoms with Crippen LogP contribution in [0.2, 0.25) is 0 Å². The summed E-state index contributed by atoms with van der Waals surface area (Å²) in [5, 5.41) is 0. The van der Waals surface area contributed by atoms with E-state index in [2.05, 4.69) is 4.98 Å². The van der Waals surface area contributed by atoms with Crippen LogP contribution in [0.25, 0.3) is 0 Å². The number of rotatable bonds is 1. The highest BCUT2D eigenvalue weighted by molar-refractivity contribution is 7.99. The van der Waals surface area contributed by atoms with Crippen molar-refractivity contribution in [3.05, 3.63) is 18.1 Å². The summed E-state index contributed by atoms with van der Waals surface area (Å²) in [6, 6.07) is 1.32. The number of hydrogen-bond acceptors (Lipinski definition) is 4. The molecule has 1 aliphatic heterocycles. The molecule has 0 aromatic carbocycles. The number of nitrogen functional groups attached to an aromatic ring is 1. The molecule has 0 spiro atoms. The molecule has 0 atom stereocenters. The Morgan fingerprint density at radius 1 is 1.43 bits per heavy atom. The minimum absolute atomic E-state index is 0.322. The van der Waals surface area contributed by atoms with Crippen LogP contribution in [0.3, 0.4) is 0 Å². The standard InChI is InChI=1S/C9H12FN3S/c10-8-5-7(11)6-12-9(8)13-1-3-14-4-2-13/h5-6H,1-4,11H2. The van der Waals surface area contributed by atoms with E-state index in [9.17, 15) is 4.39 Å². The molecular formula is C9H12FN3S. The smallest absolute Gasteiger partial charge is 0.167 e. The highest BCUT2D eigenvalue weighted by atomic mass is 32.2. The molecule has 5 heteroatoms. The van der Waals surface area contributed by atoms with Gasteiger partial charge in [0.1, 0.15) is 0 Å². The molecule has 1 aromatic heterocycles. The molecule has 0 radical (unpaired) electrons. The maximum absolute atomic E-state index is 13.4. The topological polar surface area (TPSA) is 42.1 Å². The van der Waals surface area contributed by atoms with Crippen LogP contribution in [0, 0.1) is 5.82 Å². The van der Waals surface area contributed by atoms with Gasteiger partial charge < -0.3 is 10.6 Å². The third-order valence-electron chi connectivity index (χ3n) is 2.15. The van der Waals surface area contributed by atoms with Gasteiger partial charge in [0.15, 0.2) is 11.6 Å². The molecule has 1 aromatic rings. The maximum Gasteiger partial charge on any atom is 0.167 e. The lowest BCUT2D eigenvalue weighted by Crippen LogP contribution is -2.33. The van der Waals surface area contributed by atoms with E-state index in [1.54, 1.807) is 0 Å². The Morgan fingerprint density at radius 3 is 2.79 bits per heavy atom. The molecule has 0 unspecified atom stereocenters. The first-order valence-corrected chi connectivity index (χ1v) is 5.66. The zero-order valence-corrected chi connectivity index (χ0v) is 8.56. The normalized spacial score (nSPS) is 17.1. The van der Waals surface area contributed by atoms with Gasteiger partial charge in [-0.15, -0.1) is 0 Å². The van der Waals surface area contributed by atoms with Crippen molar-refractivity contribution >= 4 is 23.3 Å². The van der Waals surface area contributed by atoms with Gasteiger partial charge in [0.25, 0.3) is 0 Å². The van der Waals surface area contributed by atoms with E-state index in [1.807, 2.05) is 16.7 Å². The number of pyridine rings is 1. The summed E-state index contributed by atoms with van der Waals surface area (Å²) in [6.45, 7) is 1.72. The van der Waals surface area contributed by atoms with E-state index in [4.69, 9.17) is 5.73 Å². The van der Waals surface area contributed by atoms with Crippen molar-refractivity contribution in [2.45, 2.75) is 0 Å². The lowest BCUT2D eigenvalue weighted by Gasteiger charge is -2.27. The zero-order valence-electron chi connectivity index (χ0n) is 7.74. The summed E-state index contributed by atoms with van der Waals surface area (Å²) >= 11 is 1.89. The third-order valence-corrected chi connectivity index (χ3v) is 3.10. The van der Waals surface area contributed by atoms with Crippen LogP contribution in [0.15, 0.2) is 12.3 Å². The number of nitrogens with two attached hydrogens (primary N) is 1. The van der Waals surface area contributed by atoms with Crippen molar-refractivity contribution in [1.29, 1.82) is 0 Å². The number of anilines is 2. The lowest BCUT2D eigenvalue weighted by atomic mass is 10.3. The Morgan fingerprint density at radius 2 is 2.14 bits per heavy atom. The van der Waals surface area contributed by atoms with E-state index >= 15 is 0 Å². The van der Waals surface area contributed by atoms with Gasteiger partial charge >= 0.3 is 0 Å². The van der Waals surface area contributed by atoms with E-state index < -0.39 is 0 Å². The number of aromatic nitrogens is 1. The largest absolute Gasteiger partial charge is 0.397 e. The Kier molecular flexibility index (Phi) is 2.77. The minimum Gasteiger partial charge on any atom is -0.397 e. The fraction of sp³-hybridized carbons (Fsp3) is 0.444. The van der Waals surface area contributed by atoms with Gasteiger partial charge in [0, 0.05) is 30.7 Å². The summed E-state index contributed by atoms with van der Waals surface area (Å²) in [7, 11) is 0. The van der Waals surface area contributed by atoms with Gasteiger partial charge in [0.2, 0.25) is 0 Å². The average molecular weight is 213 g/mol. The average Bonchev–Trinajstić information content (AvgIpc) is 2.19. The summed E-state index contributed by atoms with van der Waals surface area (Å²) < 4.78 is 13.4. The number of thioether (sulfide) groups is 1. The van der Waals surface area contributed by atoms with Crippen LogP contribution in [0.5, 0.6) is 0 Å². The summed E-state index contributed by atoms with van der Waals surface area (Å²) in [6.07, 6.45) is 1.50. The van der Waals surface area contributed by atoms with Gasteiger partial charge in [0.05, 0.1) is 11.9 Å². The predicted octanol–water partition coefficient (Wildman–Crippen LogP) is 1.36. The SMILES string of the molecule is Nc1cnc(N2CCSCC2)c(F)c1. The van der Waals surface area contributed by atoms with Crippen LogP contribution in [0.1, 0.15) is 0 Å². The van der Waals surface area contributed by atoms with Crippen molar-refractivity contribution in [2.75, 3.05) is 35.2 Å². The first kappa shape index (κ1) is 9.58. The monoisotopic (exact) mass is 213 g/mol. The lowest BCUT2D eigenvalue weighted by molar-refractivity contribution is 0.612. The van der Waals surface area contributed by atoms with Gasteiger partial charge in [-0.25, -0.2) is 9.37 Å². The van der Waals surface area contributed by atoms with Gasteiger partial charge in [-0.2, -0.15) is 11.8 Å². The number of nitrogens with zero attached hydrogens (tertiary/aromatic N) is 2. The summed E-state index contributed by atoms with van der Waals surface area (Å²) in [4.78, 5) is 5.98. The van der Waals surface area contributed by atoms with Gasteiger partial charge in [-0.05, 0) is 0 Å². The predicted molar refractivity (Wildman–Crippen MR) is 58.1 cm³/mol. The van der Waals surface area contributed by atoms with Crippen LogP contribution in [0.4, 0.5) is 15.9 Å². The van der Waals surface area contributed by atoms with E-state index in [0.29, 0.717) is 11.5 Å².